The highest BCUT2D eigenvalue weighted by atomic mass is 16.3. The van der Waals surface area contributed by atoms with Crippen LogP contribution in [0.25, 0.3) is 5.65 Å². The summed E-state index contributed by atoms with van der Waals surface area (Å²) in [4.78, 5) is 6.40. The number of rotatable bonds is 1. The van der Waals surface area contributed by atoms with Gasteiger partial charge in [0.2, 0.25) is 5.95 Å². The minimum Gasteiger partial charge on any atom is -0.388 e. The molecular weight excluding hydrogens is 244 g/mol. The largest absolute Gasteiger partial charge is 0.388 e. The van der Waals surface area contributed by atoms with E-state index in [4.69, 9.17) is 5.73 Å². The van der Waals surface area contributed by atoms with Gasteiger partial charge < -0.3 is 15.7 Å². The van der Waals surface area contributed by atoms with E-state index < -0.39 is 5.60 Å². The zero-order valence-corrected chi connectivity index (χ0v) is 11.3. The molecule has 0 unspecified atom stereocenters. The summed E-state index contributed by atoms with van der Waals surface area (Å²) in [6.45, 7) is 7.19. The molecule has 3 N–H and O–H groups in total. The highest BCUT2D eigenvalue weighted by Crippen LogP contribution is 2.40. The maximum absolute atomic E-state index is 10.5. The van der Waals surface area contributed by atoms with E-state index in [1.54, 1.807) is 4.40 Å². The molecule has 2 aromatic rings. The highest BCUT2D eigenvalue weighted by Gasteiger charge is 2.48. The standard InChI is InChI=1S/C12H18N6O/c1-11(2)5-17(6-12(11,3)19)8-4-9-16-14-7-18(9)10(13)15-8/h4,7,19H,5-6H2,1-3H3,(H2,13,15)/t12-/m0/s1. The molecule has 3 rings (SSSR count). The normalized spacial score (nSPS) is 26.2. The molecule has 1 aliphatic rings. The van der Waals surface area contributed by atoms with E-state index in [1.807, 2.05) is 31.7 Å². The van der Waals surface area contributed by atoms with Gasteiger partial charge in [0, 0.05) is 24.6 Å². The van der Waals surface area contributed by atoms with Gasteiger partial charge in [0.05, 0.1) is 5.60 Å². The Kier molecular flexibility index (Phi) is 2.28. The Bertz CT molecular complexity index is 616. The average molecular weight is 262 g/mol. The van der Waals surface area contributed by atoms with Crippen LogP contribution in [-0.4, -0.2) is 43.4 Å². The van der Waals surface area contributed by atoms with Crippen molar-refractivity contribution in [3.8, 4) is 0 Å². The third-order valence-electron chi connectivity index (χ3n) is 4.18. The molecule has 0 bridgehead atoms. The molecular formula is C12H18N6O. The van der Waals surface area contributed by atoms with Gasteiger partial charge in [0.15, 0.2) is 5.65 Å². The number of anilines is 2. The van der Waals surface area contributed by atoms with Crippen molar-refractivity contribution < 1.29 is 5.11 Å². The number of fused-ring (bicyclic) bond motifs is 1. The van der Waals surface area contributed by atoms with Crippen molar-refractivity contribution in [1.82, 2.24) is 19.6 Å². The Morgan fingerprint density at radius 1 is 1.32 bits per heavy atom. The molecule has 7 nitrogen and oxygen atoms in total. The fraction of sp³-hybridized carbons (Fsp3) is 0.583. The first-order valence-electron chi connectivity index (χ1n) is 6.24. The van der Waals surface area contributed by atoms with Gasteiger partial charge in [-0.05, 0) is 6.92 Å². The van der Waals surface area contributed by atoms with Crippen LogP contribution >= 0.6 is 0 Å². The Morgan fingerprint density at radius 3 is 2.68 bits per heavy atom. The number of nitrogen functional groups attached to an aromatic ring is 1. The fourth-order valence-electron chi connectivity index (χ4n) is 2.45. The predicted molar refractivity (Wildman–Crippen MR) is 71.8 cm³/mol. The van der Waals surface area contributed by atoms with Gasteiger partial charge in [-0.2, -0.15) is 4.98 Å². The van der Waals surface area contributed by atoms with Crippen molar-refractivity contribution in [3.05, 3.63) is 12.4 Å². The molecule has 0 aliphatic carbocycles. The van der Waals surface area contributed by atoms with Gasteiger partial charge in [-0.25, -0.2) is 0 Å². The molecule has 2 aromatic heterocycles. The van der Waals surface area contributed by atoms with E-state index in [0.717, 1.165) is 12.4 Å². The zero-order chi connectivity index (χ0) is 13.8. The Balaban J connectivity index is 2.02. The molecule has 102 valence electrons. The van der Waals surface area contributed by atoms with Crippen molar-refractivity contribution >= 4 is 17.4 Å². The predicted octanol–water partition coefficient (Wildman–Crippen LogP) is 0.304. The van der Waals surface area contributed by atoms with Gasteiger partial charge in [-0.1, -0.05) is 13.8 Å². The Morgan fingerprint density at radius 2 is 2.05 bits per heavy atom. The number of aromatic nitrogens is 4. The molecule has 0 spiro atoms. The monoisotopic (exact) mass is 262 g/mol. The van der Waals surface area contributed by atoms with Crippen molar-refractivity contribution in [3.63, 3.8) is 0 Å². The zero-order valence-electron chi connectivity index (χ0n) is 11.3. The van der Waals surface area contributed by atoms with E-state index in [-0.39, 0.29) is 5.41 Å². The van der Waals surface area contributed by atoms with E-state index in [2.05, 4.69) is 15.2 Å². The van der Waals surface area contributed by atoms with Crippen LogP contribution in [0.4, 0.5) is 11.8 Å². The van der Waals surface area contributed by atoms with E-state index in [1.165, 1.54) is 6.33 Å². The number of nitrogens with two attached hydrogens (primary N) is 1. The van der Waals surface area contributed by atoms with Crippen LogP contribution in [0.5, 0.6) is 0 Å². The number of aliphatic hydroxyl groups is 1. The van der Waals surface area contributed by atoms with E-state index in [9.17, 15) is 5.11 Å². The first-order chi connectivity index (χ1) is 8.80. The third kappa shape index (κ3) is 1.73. The van der Waals surface area contributed by atoms with E-state index >= 15 is 0 Å². The molecule has 0 amide bonds. The lowest BCUT2D eigenvalue weighted by Crippen LogP contribution is -2.40. The van der Waals surface area contributed by atoms with Crippen molar-refractivity contribution in [1.29, 1.82) is 0 Å². The smallest absolute Gasteiger partial charge is 0.209 e. The quantitative estimate of drug-likeness (QED) is 0.768. The van der Waals surface area contributed by atoms with Gasteiger partial charge in [0.1, 0.15) is 12.1 Å². The summed E-state index contributed by atoms with van der Waals surface area (Å²) in [5.41, 5.74) is 5.58. The molecule has 1 aliphatic heterocycles. The van der Waals surface area contributed by atoms with Gasteiger partial charge >= 0.3 is 0 Å². The number of nitrogens with zero attached hydrogens (tertiary/aromatic N) is 5. The van der Waals surface area contributed by atoms with Gasteiger partial charge in [-0.15, -0.1) is 10.2 Å². The molecule has 3 heterocycles. The molecule has 0 radical (unpaired) electrons. The first-order valence-corrected chi connectivity index (χ1v) is 6.24. The molecule has 7 heteroatoms. The van der Waals surface area contributed by atoms with Crippen LogP contribution < -0.4 is 10.6 Å². The summed E-state index contributed by atoms with van der Waals surface area (Å²) in [6, 6.07) is 1.83. The van der Waals surface area contributed by atoms with Gasteiger partial charge in [0.25, 0.3) is 0 Å². The summed E-state index contributed by atoms with van der Waals surface area (Å²) in [5, 5.41) is 18.3. The maximum Gasteiger partial charge on any atom is 0.209 e. The number of β-amino-alcohol motifs (C(OH)–C–C–N with tert-alkyl or cyclic N) is 1. The molecule has 1 fully saturated rings. The summed E-state index contributed by atoms with van der Waals surface area (Å²) >= 11 is 0. The summed E-state index contributed by atoms with van der Waals surface area (Å²) in [5.74, 6) is 1.07. The molecule has 1 atom stereocenters. The second-order valence-corrected chi connectivity index (χ2v) is 6.05. The lowest BCUT2D eigenvalue weighted by atomic mass is 9.79. The topological polar surface area (TPSA) is 92.6 Å². The number of hydrogen-bond donors (Lipinski definition) is 2. The van der Waals surface area contributed by atoms with Crippen LogP contribution in [-0.2, 0) is 0 Å². The Labute approximate surface area is 111 Å². The minimum atomic E-state index is -0.761. The second kappa shape index (κ2) is 3.57. The summed E-state index contributed by atoms with van der Waals surface area (Å²) in [7, 11) is 0. The van der Waals surface area contributed by atoms with Crippen LogP contribution in [0.15, 0.2) is 12.4 Å². The minimum absolute atomic E-state index is 0.205. The molecule has 1 saturated heterocycles. The SMILES string of the molecule is CC1(C)CN(c2cc3nncn3c(N)n2)C[C@]1(C)O. The lowest BCUT2D eigenvalue weighted by molar-refractivity contribution is -0.00891. The molecule has 0 aromatic carbocycles. The Hall–Kier alpha value is -1.89. The van der Waals surface area contributed by atoms with Crippen LogP contribution in [0.1, 0.15) is 20.8 Å². The van der Waals surface area contributed by atoms with Crippen molar-refractivity contribution in [2.75, 3.05) is 23.7 Å². The number of hydrogen-bond acceptors (Lipinski definition) is 6. The van der Waals surface area contributed by atoms with Crippen molar-refractivity contribution in [2.24, 2.45) is 5.41 Å². The van der Waals surface area contributed by atoms with E-state index in [0.29, 0.717) is 18.1 Å². The molecule has 19 heavy (non-hydrogen) atoms. The lowest BCUT2D eigenvalue weighted by Gasteiger charge is -2.30. The van der Waals surface area contributed by atoms with Crippen LogP contribution in [0, 0.1) is 5.41 Å². The van der Waals surface area contributed by atoms with Gasteiger partial charge in [-0.3, -0.25) is 4.40 Å². The van der Waals surface area contributed by atoms with Crippen LogP contribution in [0.2, 0.25) is 0 Å². The van der Waals surface area contributed by atoms with Crippen molar-refractivity contribution in [2.45, 2.75) is 26.4 Å². The summed E-state index contributed by atoms with van der Waals surface area (Å²) in [6.07, 6.45) is 1.53. The molecule has 0 saturated carbocycles. The third-order valence-corrected chi connectivity index (χ3v) is 4.18. The highest BCUT2D eigenvalue weighted by molar-refractivity contribution is 5.56. The van der Waals surface area contributed by atoms with Crippen LogP contribution in [0.3, 0.4) is 0 Å². The first kappa shape index (κ1) is 12.2. The second-order valence-electron chi connectivity index (χ2n) is 6.05. The summed E-state index contributed by atoms with van der Waals surface area (Å²) < 4.78 is 1.63. The average Bonchev–Trinajstić information content (AvgIpc) is 2.82. The maximum atomic E-state index is 10.5. The fourth-order valence-corrected chi connectivity index (χ4v) is 2.45.